The molecule has 0 amide bonds. The predicted octanol–water partition coefficient (Wildman–Crippen LogP) is 0.311. The summed E-state index contributed by atoms with van der Waals surface area (Å²) in [6, 6.07) is 0. The van der Waals surface area contributed by atoms with Gasteiger partial charge in [-0.1, -0.05) is 6.08 Å². The summed E-state index contributed by atoms with van der Waals surface area (Å²) in [6.45, 7) is 5.78. The molecule has 13 heavy (non-hydrogen) atoms. The fourth-order valence-electron chi connectivity index (χ4n) is 1.44. The predicted molar refractivity (Wildman–Crippen MR) is 47.3 cm³/mol. The van der Waals surface area contributed by atoms with Gasteiger partial charge in [0.05, 0.1) is 12.7 Å². The summed E-state index contributed by atoms with van der Waals surface area (Å²) in [5.74, 6) is 0. The smallest absolute Gasteiger partial charge is 0.147 e. The summed E-state index contributed by atoms with van der Waals surface area (Å²) >= 11 is 0. The largest absolute Gasteiger partial charge is 0.381 e. The molecule has 4 nitrogen and oxygen atoms in total. The van der Waals surface area contributed by atoms with Crippen LogP contribution in [-0.2, 0) is 14.2 Å². The molecule has 4 heteroatoms. The highest BCUT2D eigenvalue weighted by atomic mass is 16.7. The van der Waals surface area contributed by atoms with Gasteiger partial charge >= 0.3 is 0 Å². The molecule has 3 atom stereocenters. The molecule has 1 aliphatic heterocycles. The van der Waals surface area contributed by atoms with E-state index >= 15 is 0 Å². The molecule has 0 aromatic rings. The van der Waals surface area contributed by atoms with Crippen LogP contribution in [0.4, 0.5) is 0 Å². The van der Waals surface area contributed by atoms with Crippen molar-refractivity contribution in [2.45, 2.75) is 24.7 Å². The zero-order valence-electron chi connectivity index (χ0n) is 8.03. The zero-order chi connectivity index (χ0) is 9.90. The summed E-state index contributed by atoms with van der Waals surface area (Å²) in [5.41, 5.74) is -1.09. The van der Waals surface area contributed by atoms with Crippen LogP contribution in [0.1, 0.15) is 6.92 Å². The van der Waals surface area contributed by atoms with E-state index in [9.17, 15) is 5.11 Å². The van der Waals surface area contributed by atoms with Crippen molar-refractivity contribution in [2.24, 2.45) is 0 Å². The maximum absolute atomic E-state index is 9.93. The summed E-state index contributed by atoms with van der Waals surface area (Å²) in [7, 11) is 1.54. The van der Waals surface area contributed by atoms with Gasteiger partial charge in [-0.05, 0) is 6.92 Å². The Labute approximate surface area is 78.1 Å². The summed E-state index contributed by atoms with van der Waals surface area (Å²) < 4.78 is 15.3. The van der Waals surface area contributed by atoms with E-state index in [-0.39, 0.29) is 19.5 Å². The van der Waals surface area contributed by atoms with Crippen molar-refractivity contribution >= 4 is 0 Å². The van der Waals surface area contributed by atoms with Gasteiger partial charge in [0.15, 0.2) is 0 Å². The third-order valence-electron chi connectivity index (χ3n) is 2.22. The van der Waals surface area contributed by atoms with Crippen LogP contribution in [0.5, 0.6) is 0 Å². The van der Waals surface area contributed by atoms with Gasteiger partial charge in [0.2, 0.25) is 0 Å². The zero-order valence-corrected chi connectivity index (χ0v) is 8.03. The van der Waals surface area contributed by atoms with E-state index < -0.39 is 11.7 Å². The number of methoxy groups -OCH3 is 1. The highest BCUT2D eigenvalue weighted by Gasteiger charge is 2.45. The second-order valence-electron chi connectivity index (χ2n) is 3.21. The van der Waals surface area contributed by atoms with E-state index in [4.69, 9.17) is 14.2 Å². The summed E-state index contributed by atoms with van der Waals surface area (Å²) in [6.07, 6.45) is 0.916. The van der Waals surface area contributed by atoms with E-state index in [2.05, 4.69) is 6.58 Å². The number of ether oxygens (including phenoxy) is 3. The van der Waals surface area contributed by atoms with Crippen molar-refractivity contribution in [3.05, 3.63) is 12.7 Å². The normalized spacial score (nSPS) is 39.3. The van der Waals surface area contributed by atoms with Crippen molar-refractivity contribution < 1.29 is 19.3 Å². The lowest BCUT2D eigenvalue weighted by Gasteiger charge is -2.25. The first-order chi connectivity index (χ1) is 6.14. The second kappa shape index (κ2) is 4.19. The molecule has 1 fully saturated rings. The van der Waals surface area contributed by atoms with Gasteiger partial charge in [-0.25, -0.2) is 0 Å². The molecule has 0 unspecified atom stereocenters. The molecule has 0 aromatic carbocycles. The quantitative estimate of drug-likeness (QED) is 0.509. The topological polar surface area (TPSA) is 47.9 Å². The van der Waals surface area contributed by atoms with Gasteiger partial charge in [0.1, 0.15) is 18.5 Å². The number of hydrogen-bond acceptors (Lipinski definition) is 4. The van der Waals surface area contributed by atoms with Gasteiger partial charge in [-0.2, -0.15) is 0 Å². The Hall–Kier alpha value is -0.420. The molecule has 1 aliphatic rings. The summed E-state index contributed by atoms with van der Waals surface area (Å²) in [4.78, 5) is 0. The van der Waals surface area contributed by atoms with E-state index in [0.29, 0.717) is 0 Å². The van der Waals surface area contributed by atoms with Gasteiger partial charge in [-0.15, -0.1) is 6.58 Å². The number of hydrogen-bond donors (Lipinski definition) is 1. The molecule has 0 radical (unpaired) electrons. The Balaban J connectivity index is 2.60. The van der Waals surface area contributed by atoms with Gasteiger partial charge in [0.25, 0.3) is 0 Å². The van der Waals surface area contributed by atoms with Crippen LogP contribution in [0.2, 0.25) is 0 Å². The standard InChI is InChI=1S/C9H16O4/c1-4-9(10)5-12-7(2)8(9)13-6-11-3/h4,7-8,10H,1,5-6H2,2-3H3/t7-,8-,9-/m1/s1. The second-order valence-corrected chi connectivity index (χ2v) is 3.21. The lowest BCUT2D eigenvalue weighted by molar-refractivity contribution is -0.128. The first kappa shape index (κ1) is 10.7. The Kier molecular flexibility index (Phi) is 3.44. The highest BCUT2D eigenvalue weighted by molar-refractivity contribution is 5.07. The molecule has 0 bridgehead atoms. The van der Waals surface area contributed by atoms with Crippen molar-refractivity contribution in [1.82, 2.24) is 0 Å². The van der Waals surface area contributed by atoms with Gasteiger partial charge < -0.3 is 19.3 Å². The van der Waals surface area contributed by atoms with Gasteiger partial charge in [0, 0.05) is 7.11 Å². The van der Waals surface area contributed by atoms with Crippen LogP contribution in [0.15, 0.2) is 12.7 Å². The minimum Gasteiger partial charge on any atom is -0.381 e. The van der Waals surface area contributed by atoms with Crippen molar-refractivity contribution in [3.8, 4) is 0 Å². The first-order valence-electron chi connectivity index (χ1n) is 4.22. The fourth-order valence-corrected chi connectivity index (χ4v) is 1.44. The lowest BCUT2D eigenvalue weighted by Crippen LogP contribution is -2.43. The minimum atomic E-state index is -1.09. The Morgan fingerprint density at radius 1 is 1.77 bits per heavy atom. The highest BCUT2D eigenvalue weighted by Crippen LogP contribution is 2.28. The lowest BCUT2D eigenvalue weighted by atomic mass is 9.97. The molecule has 1 rings (SSSR count). The number of aliphatic hydroxyl groups is 1. The molecular formula is C9H16O4. The Morgan fingerprint density at radius 2 is 2.46 bits per heavy atom. The van der Waals surface area contributed by atoms with Crippen LogP contribution in [0, 0.1) is 0 Å². The molecule has 1 heterocycles. The molecule has 0 saturated carbocycles. The van der Waals surface area contributed by atoms with E-state index in [0.717, 1.165) is 0 Å². The van der Waals surface area contributed by atoms with Crippen LogP contribution in [-0.4, -0.2) is 43.4 Å². The summed E-state index contributed by atoms with van der Waals surface area (Å²) in [5, 5.41) is 9.93. The Bertz CT molecular complexity index is 182. The molecule has 0 aliphatic carbocycles. The maximum Gasteiger partial charge on any atom is 0.147 e. The monoisotopic (exact) mass is 188 g/mol. The van der Waals surface area contributed by atoms with Crippen molar-refractivity contribution in [1.29, 1.82) is 0 Å². The Morgan fingerprint density at radius 3 is 3.00 bits per heavy atom. The molecule has 1 saturated heterocycles. The third kappa shape index (κ3) is 2.08. The van der Waals surface area contributed by atoms with E-state index in [1.54, 1.807) is 0 Å². The molecule has 0 spiro atoms. The van der Waals surface area contributed by atoms with E-state index in [1.807, 2.05) is 6.92 Å². The number of rotatable bonds is 4. The fraction of sp³-hybridized carbons (Fsp3) is 0.778. The van der Waals surface area contributed by atoms with Crippen molar-refractivity contribution in [2.75, 3.05) is 20.5 Å². The van der Waals surface area contributed by atoms with Crippen molar-refractivity contribution in [3.63, 3.8) is 0 Å². The average molecular weight is 188 g/mol. The van der Waals surface area contributed by atoms with Crippen LogP contribution < -0.4 is 0 Å². The molecule has 0 aromatic heterocycles. The molecule has 76 valence electrons. The molecule has 1 N–H and O–H groups in total. The van der Waals surface area contributed by atoms with Crippen LogP contribution >= 0.6 is 0 Å². The van der Waals surface area contributed by atoms with Crippen LogP contribution in [0.25, 0.3) is 0 Å². The first-order valence-corrected chi connectivity index (χ1v) is 4.22. The minimum absolute atomic E-state index is 0.141. The molecular weight excluding hydrogens is 172 g/mol. The third-order valence-corrected chi connectivity index (χ3v) is 2.22. The maximum atomic E-state index is 9.93. The van der Waals surface area contributed by atoms with Gasteiger partial charge in [-0.3, -0.25) is 0 Å². The SMILES string of the molecule is C=C[C@@]1(O)CO[C@H](C)[C@H]1OCOC. The average Bonchev–Trinajstić information content (AvgIpc) is 2.41. The van der Waals surface area contributed by atoms with Crippen LogP contribution in [0.3, 0.4) is 0 Å². The van der Waals surface area contributed by atoms with E-state index in [1.165, 1.54) is 13.2 Å².